The van der Waals surface area contributed by atoms with Gasteiger partial charge in [0, 0.05) is 32.0 Å². The molecule has 0 aliphatic carbocycles. The SMILES string of the molecule is C[C@H]1CN(c2ccc(N3CCON(Cc4cccnc4)CC3)c(F)c2)C(=O)O1. The number of ether oxygens (including phenoxy) is 1. The molecule has 2 aliphatic heterocycles. The van der Waals surface area contributed by atoms with Crippen molar-refractivity contribution in [2.75, 3.05) is 42.6 Å². The second-order valence-corrected chi connectivity index (χ2v) is 6.99. The zero-order valence-corrected chi connectivity index (χ0v) is 15.8. The molecule has 0 spiro atoms. The quantitative estimate of drug-likeness (QED) is 0.805. The monoisotopic (exact) mass is 386 g/mol. The first-order valence-corrected chi connectivity index (χ1v) is 9.39. The lowest BCUT2D eigenvalue weighted by Gasteiger charge is -2.24. The van der Waals surface area contributed by atoms with Crippen LogP contribution in [0.3, 0.4) is 0 Å². The van der Waals surface area contributed by atoms with E-state index in [1.54, 1.807) is 18.3 Å². The number of carbonyl (C=O) groups excluding carboxylic acids is 1. The number of nitrogens with zero attached hydrogens (tertiary/aromatic N) is 4. The van der Waals surface area contributed by atoms with Gasteiger partial charge in [0.25, 0.3) is 0 Å². The zero-order chi connectivity index (χ0) is 19.5. The van der Waals surface area contributed by atoms with Crippen LogP contribution in [-0.4, -0.2) is 55.0 Å². The van der Waals surface area contributed by atoms with Crippen LogP contribution < -0.4 is 9.80 Å². The fourth-order valence-electron chi connectivity index (χ4n) is 3.49. The van der Waals surface area contributed by atoms with Gasteiger partial charge in [-0.25, -0.2) is 9.18 Å². The molecule has 8 heteroatoms. The Kier molecular flexibility index (Phi) is 5.40. The van der Waals surface area contributed by atoms with Gasteiger partial charge >= 0.3 is 6.09 Å². The third-order valence-corrected chi connectivity index (χ3v) is 4.88. The molecule has 0 N–H and O–H groups in total. The molecule has 2 aliphatic rings. The van der Waals surface area contributed by atoms with Crippen molar-refractivity contribution in [1.29, 1.82) is 0 Å². The van der Waals surface area contributed by atoms with Crippen LogP contribution in [-0.2, 0) is 16.1 Å². The molecular formula is C20H23FN4O3. The predicted molar refractivity (Wildman–Crippen MR) is 103 cm³/mol. The van der Waals surface area contributed by atoms with Crippen LogP contribution in [0, 0.1) is 5.82 Å². The molecule has 0 bridgehead atoms. The number of benzene rings is 1. The second kappa shape index (κ2) is 8.12. The van der Waals surface area contributed by atoms with Gasteiger partial charge in [-0.05, 0) is 36.8 Å². The van der Waals surface area contributed by atoms with Crippen molar-refractivity contribution in [3.05, 3.63) is 54.1 Å². The maximum Gasteiger partial charge on any atom is 0.414 e. The van der Waals surface area contributed by atoms with E-state index in [-0.39, 0.29) is 11.9 Å². The maximum absolute atomic E-state index is 14.8. The molecule has 1 aromatic carbocycles. The van der Waals surface area contributed by atoms with Gasteiger partial charge in [0.1, 0.15) is 11.9 Å². The second-order valence-electron chi connectivity index (χ2n) is 6.99. The summed E-state index contributed by atoms with van der Waals surface area (Å²) in [5.74, 6) is -0.356. The molecule has 3 heterocycles. The summed E-state index contributed by atoms with van der Waals surface area (Å²) in [5, 5.41) is 1.88. The Balaban J connectivity index is 1.42. The number of rotatable bonds is 4. The van der Waals surface area contributed by atoms with E-state index in [1.165, 1.54) is 11.0 Å². The fourth-order valence-corrected chi connectivity index (χ4v) is 3.49. The Labute approximate surface area is 163 Å². The average molecular weight is 386 g/mol. The number of carbonyl (C=O) groups is 1. The standard InChI is InChI=1S/C20H23FN4O3/c1-15-13-25(20(26)28-15)17-4-5-19(18(21)11-17)23-7-8-24(27-10-9-23)14-16-3-2-6-22-12-16/h2-6,11-12,15H,7-10,13-14H2,1H3/t15-/m0/s1. The van der Waals surface area contributed by atoms with E-state index < -0.39 is 6.09 Å². The molecule has 28 heavy (non-hydrogen) atoms. The Hall–Kier alpha value is -2.71. The van der Waals surface area contributed by atoms with Crippen LogP contribution in [0.15, 0.2) is 42.7 Å². The molecular weight excluding hydrogens is 363 g/mol. The van der Waals surface area contributed by atoms with Gasteiger partial charge in [0.15, 0.2) is 0 Å². The summed E-state index contributed by atoms with van der Waals surface area (Å²) in [4.78, 5) is 25.2. The highest BCUT2D eigenvalue weighted by molar-refractivity contribution is 5.90. The number of halogens is 1. The van der Waals surface area contributed by atoms with Crippen molar-refractivity contribution in [3.8, 4) is 0 Å². The molecule has 1 aromatic heterocycles. The van der Waals surface area contributed by atoms with Crippen LogP contribution >= 0.6 is 0 Å². The molecule has 0 radical (unpaired) electrons. The summed E-state index contributed by atoms with van der Waals surface area (Å²) in [6.07, 6.45) is 2.93. The van der Waals surface area contributed by atoms with Gasteiger partial charge in [0.2, 0.25) is 0 Å². The first-order chi connectivity index (χ1) is 13.6. The van der Waals surface area contributed by atoms with Crippen LogP contribution in [0.4, 0.5) is 20.6 Å². The largest absolute Gasteiger partial charge is 0.444 e. The van der Waals surface area contributed by atoms with E-state index in [1.807, 2.05) is 35.2 Å². The Bertz CT molecular complexity index is 835. The number of cyclic esters (lactones) is 1. The molecule has 2 saturated heterocycles. The number of hydrogen-bond donors (Lipinski definition) is 0. The van der Waals surface area contributed by atoms with E-state index in [0.29, 0.717) is 50.7 Å². The highest BCUT2D eigenvalue weighted by atomic mass is 19.1. The van der Waals surface area contributed by atoms with Gasteiger partial charge < -0.3 is 9.64 Å². The molecule has 0 saturated carbocycles. The molecule has 7 nitrogen and oxygen atoms in total. The van der Waals surface area contributed by atoms with Crippen molar-refractivity contribution in [2.45, 2.75) is 19.6 Å². The predicted octanol–water partition coefficient (Wildman–Crippen LogP) is 2.82. The lowest BCUT2D eigenvalue weighted by atomic mass is 10.2. The van der Waals surface area contributed by atoms with E-state index in [0.717, 1.165) is 5.56 Å². The van der Waals surface area contributed by atoms with Gasteiger partial charge in [-0.1, -0.05) is 6.07 Å². The zero-order valence-electron chi connectivity index (χ0n) is 15.8. The molecule has 0 unspecified atom stereocenters. The summed E-state index contributed by atoms with van der Waals surface area (Å²) in [6.45, 7) is 5.22. The average Bonchev–Trinajstić information content (AvgIpc) is 2.88. The molecule has 2 aromatic rings. The summed E-state index contributed by atoms with van der Waals surface area (Å²) >= 11 is 0. The fraction of sp³-hybridized carbons (Fsp3) is 0.400. The van der Waals surface area contributed by atoms with Crippen LogP contribution in [0.1, 0.15) is 12.5 Å². The summed E-state index contributed by atoms with van der Waals surface area (Å²) in [6, 6.07) is 8.78. The highest BCUT2D eigenvalue weighted by Crippen LogP contribution is 2.28. The summed E-state index contributed by atoms with van der Waals surface area (Å²) in [5.41, 5.74) is 2.09. The van der Waals surface area contributed by atoms with E-state index in [4.69, 9.17) is 9.57 Å². The van der Waals surface area contributed by atoms with Gasteiger partial charge in [-0.2, -0.15) is 5.06 Å². The smallest absolute Gasteiger partial charge is 0.414 e. The van der Waals surface area contributed by atoms with Gasteiger partial charge in [-0.3, -0.25) is 14.7 Å². The van der Waals surface area contributed by atoms with Gasteiger partial charge in [-0.15, -0.1) is 0 Å². The summed E-state index contributed by atoms with van der Waals surface area (Å²) in [7, 11) is 0. The van der Waals surface area contributed by atoms with Crippen molar-refractivity contribution in [3.63, 3.8) is 0 Å². The van der Waals surface area contributed by atoms with E-state index in [2.05, 4.69) is 4.98 Å². The van der Waals surface area contributed by atoms with Crippen LogP contribution in [0.2, 0.25) is 0 Å². The van der Waals surface area contributed by atoms with Crippen molar-refractivity contribution >= 4 is 17.5 Å². The van der Waals surface area contributed by atoms with Crippen LogP contribution in [0.25, 0.3) is 0 Å². The topological polar surface area (TPSA) is 58.1 Å². The maximum atomic E-state index is 14.8. The first-order valence-electron chi connectivity index (χ1n) is 9.39. The third kappa shape index (κ3) is 4.07. The number of pyridine rings is 1. The lowest BCUT2D eigenvalue weighted by Crippen LogP contribution is -2.31. The molecule has 2 fully saturated rings. The first kappa shape index (κ1) is 18.6. The minimum absolute atomic E-state index is 0.191. The Morgan fingerprint density at radius 1 is 1.25 bits per heavy atom. The van der Waals surface area contributed by atoms with E-state index >= 15 is 0 Å². The number of aromatic nitrogens is 1. The van der Waals surface area contributed by atoms with Crippen LogP contribution in [0.5, 0.6) is 0 Å². The number of amides is 1. The van der Waals surface area contributed by atoms with Gasteiger partial charge in [0.05, 0.1) is 31.1 Å². The van der Waals surface area contributed by atoms with Crippen molar-refractivity contribution in [1.82, 2.24) is 10.0 Å². The normalized spacial score (nSPS) is 20.9. The minimum atomic E-state index is -0.436. The summed E-state index contributed by atoms with van der Waals surface area (Å²) < 4.78 is 19.9. The highest BCUT2D eigenvalue weighted by Gasteiger charge is 2.30. The lowest BCUT2D eigenvalue weighted by molar-refractivity contribution is -0.154. The molecule has 148 valence electrons. The molecule has 1 amide bonds. The number of hydrogen-bond acceptors (Lipinski definition) is 6. The minimum Gasteiger partial charge on any atom is -0.444 e. The molecule has 4 rings (SSSR count). The van der Waals surface area contributed by atoms with Crippen molar-refractivity contribution in [2.24, 2.45) is 0 Å². The van der Waals surface area contributed by atoms with E-state index in [9.17, 15) is 9.18 Å². The third-order valence-electron chi connectivity index (χ3n) is 4.88. The Morgan fingerprint density at radius 2 is 2.14 bits per heavy atom. The molecule has 1 atom stereocenters. The number of hydroxylamine groups is 2. The Morgan fingerprint density at radius 3 is 2.86 bits per heavy atom. The van der Waals surface area contributed by atoms with Crippen molar-refractivity contribution < 1.29 is 18.8 Å². The number of anilines is 2.